The van der Waals surface area contributed by atoms with E-state index in [4.69, 9.17) is 4.84 Å². The summed E-state index contributed by atoms with van der Waals surface area (Å²) >= 11 is 0. The molecular formula is C7H13N2O2. The van der Waals surface area contributed by atoms with Gasteiger partial charge in [-0.2, -0.15) is 0 Å². The van der Waals surface area contributed by atoms with Crippen LogP contribution in [0, 0.1) is 6.54 Å². The highest BCUT2D eigenvalue weighted by Crippen LogP contribution is 2.12. The maximum atomic E-state index is 10.9. The Kier molecular flexibility index (Phi) is 2.70. The van der Waals surface area contributed by atoms with Gasteiger partial charge < -0.3 is 9.74 Å². The van der Waals surface area contributed by atoms with Crippen molar-refractivity contribution in [1.29, 1.82) is 0 Å². The first-order valence-electron chi connectivity index (χ1n) is 3.69. The van der Waals surface area contributed by atoms with Gasteiger partial charge in [0.25, 0.3) is 0 Å². The topological polar surface area (TPSA) is 32.8 Å². The third-order valence-corrected chi connectivity index (χ3v) is 1.48. The predicted molar refractivity (Wildman–Crippen MR) is 40.4 cm³/mol. The summed E-state index contributed by atoms with van der Waals surface area (Å²) < 4.78 is 0. The Labute approximate surface area is 66.7 Å². The lowest BCUT2D eigenvalue weighted by Crippen LogP contribution is -2.29. The highest BCUT2D eigenvalue weighted by atomic mass is 16.7. The van der Waals surface area contributed by atoms with Crippen molar-refractivity contribution < 1.29 is 9.63 Å². The van der Waals surface area contributed by atoms with E-state index in [0.29, 0.717) is 0 Å². The van der Waals surface area contributed by atoms with Crippen LogP contribution in [0.25, 0.3) is 0 Å². The molecule has 0 unspecified atom stereocenters. The lowest BCUT2D eigenvalue weighted by molar-refractivity contribution is -0.0714. The quantitative estimate of drug-likeness (QED) is 0.566. The Balaban J connectivity index is 2.24. The average Bonchev–Trinajstić information content (AvgIpc) is 2.39. The normalized spacial score (nSPS) is 18.4. The van der Waals surface area contributed by atoms with Crippen molar-refractivity contribution in [2.75, 3.05) is 20.6 Å². The van der Waals surface area contributed by atoms with Crippen molar-refractivity contribution in [2.24, 2.45) is 0 Å². The zero-order valence-electron chi connectivity index (χ0n) is 6.91. The first-order chi connectivity index (χ1) is 5.20. The monoisotopic (exact) mass is 157 g/mol. The van der Waals surface area contributed by atoms with Crippen LogP contribution < -0.4 is 0 Å². The molecule has 4 heteroatoms. The lowest BCUT2D eigenvalue weighted by atomic mass is 10.4. The second-order valence-electron chi connectivity index (χ2n) is 2.72. The van der Waals surface area contributed by atoms with Crippen molar-refractivity contribution in [3.05, 3.63) is 6.54 Å². The fourth-order valence-corrected chi connectivity index (χ4v) is 0.839. The molecule has 0 N–H and O–H groups in total. The van der Waals surface area contributed by atoms with Gasteiger partial charge in [-0.1, -0.05) is 0 Å². The van der Waals surface area contributed by atoms with Gasteiger partial charge in [0.2, 0.25) is 0 Å². The Morgan fingerprint density at radius 1 is 1.64 bits per heavy atom. The number of hydrogen-bond acceptors (Lipinski definition) is 3. The molecule has 1 saturated heterocycles. The molecule has 0 spiro atoms. The van der Waals surface area contributed by atoms with Crippen LogP contribution in [0.4, 0.5) is 4.79 Å². The van der Waals surface area contributed by atoms with Crippen LogP contribution in [-0.2, 0) is 4.84 Å². The van der Waals surface area contributed by atoms with Crippen LogP contribution in [0.1, 0.15) is 12.8 Å². The molecular weight excluding hydrogens is 144 g/mol. The van der Waals surface area contributed by atoms with Crippen molar-refractivity contribution >= 4 is 6.09 Å². The molecule has 1 aliphatic rings. The zero-order chi connectivity index (χ0) is 8.27. The maximum absolute atomic E-state index is 10.9. The molecule has 4 nitrogen and oxygen atoms in total. The van der Waals surface area contributed by atoms with Crippen LogP contribution in [0.15, 0.2) is 0 Å². The van der Waals surface area contributed by atoms with Gasteiger partial charge in [-0.05, 0) is 12.8 Å². The standard InChI is InChI=1S/C7H13N2O2/c1-8(2)7(10)11-9-5-3-4-6-9/h5H,3-4,6H2,1-2H3. The number of amides is 1. The molecule has 11 heavy (non-hydrogen) atoms. The van der Waals surface area contributed by atoms with Gasteiger partial charge in [0.15, 0.2) is 0 Å². The second kappa shape index (κ2) is 3.57. The number of hydrogen-bond donors (Lipinski definition) is 0. The minimum absolute atomic E-state index is 0.317. The molecule has 0 aromatic rings. The van der Waals surface area contributed by atoms with Crippen molar-refractivity contribution in [3.63, 3.8) is 0 Å². The summed E-state index contributed by atoms with van der Waals surface area (Å²) in [4.78, 5) is 17.3. The van der Waals surface area contributed by atoms with E-state index < -0.39 is 0 Å². The summed E-state index contributed by atoms with van der Waals surface area (Å²) in [5.74, 6) is 0. The summed E-state index contributed by atoms with van der Waals surface area (Å²) in [6.45, 7) is 2.71. The molecule has 0 aromatic heterocycles. The number of rotatable bonds is 1. The zero-order valence-corrected chi connectivity index (χ0v) is 6.91. The van der Waals surface area contributed by atoms with E-state index in [1.54, 1.807) is 19.2 Å². The molecule has 1 fully saturated rings. The van der Waals surface area contributed by atoms with Crippen molar-refractivity contribution in [1.82, 2.24) is 9.96 Å². The van der Waals surface area contributed by atoms with E-state index in [0.717, 1.165) is 19.4 Å². The Morgan fingerprint density at radius 2 is 2.36 bits per heavy atom. The van der Waals surface area contributed by atoms with Gasteiger partial charge in [-0.25, -0.2) is 4.79 Å². The molecule has 1 amide bonds. The SMILES string of the molecule is CN(C)C(=O)ON1[CH]CCC1. The second-order valence-corrected chi connectivity index (χ2v) is 2.72. The number of carbonyl (C=O) groups excluding carboxylic acids is 1. The molecule has 0 bridgehead atoms. The Morgan fingerprint density at radius 3 is 2.82 bits per heavy atom. The van der Waals surface area contributed by atoms with Crippen molar-refractivity contribution in [3.8, 4) is 0 Å². The number of nitrogens with zero attached hydrogens (tertiary/aromatic N) is 2. The Bertz CT molecular complexity index is 141. The molecule has 0 atom stereocenters. The minimum atomic E-state index is -0.317. The largest absolute Gasteiger partial charge is 0.428 e. The first-order valence-corrected chi connectivity index (χ1v) is 3.69. The molecule has 0 aliphatic carbocycles. The third kappa shape index (κ3) is 2.38. The summed E-state index contributed by atoms with van der Waals surface area (Å²) in [6, 6.07) is 0. The summed E-state index contributed by atoms with van der Waals surface area (Å²) in [5, 5.41) is 1.59. The smallest absolute Gasteiger partial charge is 0.351 e. The minimum Gasteiger partial charge on any atom is -0.351 e. The lowest BCUT2D eigenvalue weighted by Gasteiger charge is -2.16. The van der Waals surface area contributed by atoms with Crippen molar-refractivity contribution in [2.45, 2.75) is 12.8 Å². The van der Waals surface area contributed by atoms with Gasteiger partial charge >= 0.3 is 6.09 Å². The van der Waals surface area contributed by atoms with Crippen LogP contribution in [0.5, 0.6) is 0 Å². The number of hydroxylamine groups is 2. The fourth-order valence-electron chi connectivity index (χ4n) is 0.839. The first kappa shape index (κ1) is 8.33. The summed E-state index contributed by atoms with van der Waals surface area (Å²) in [6.07, 6.45) is 1.75. The van der Waals surface area contributed by atoms with Gasteiger partial charge in [-0.15, -0.1) is 5.06 Å². The third-order valence-electron chi connectivity index (χ3n) is 1.48. The summed E-state index contributed by atoms with van der Waals surface area (Å²) in [5.41, 5.74) is 0. The molecule has 1 radical (unpaired) electrons. The maximum Gasteiger partial charge on any atom is 0.428 e. The molecule has 1 aliphatic heterocycles. The van der Waals surface area contributed by atoms with Gasteiger partial charge in [0.1, 0.15) is 0 Å². The molecule has 0 saturated carbocycles. The highest BCUT2D eigenvalue weighted by Gasteiger charge is 2.17. The van der Waals surface area contributed by atoms with E-state index in [1.165, 1.54) is 4.90 Å². The van der Waals surface area contributed by atoms with Crippen LogP contribution in [0.2, 0.25) is 0 Å². The van der Waals surface area contributed by atoms with Crippen LogP contribution >= 0.6 is 0 Å². The predicted octanol–water partition coefficient (Wildman–Crippen LogP) is 0.857. The molecule has 63 valence electrons. The van der Waals surface area contributed by atoms with E-state index in [-0.39, 0.29) is 6.09 Å². The molecule has 1 heterocycles. The van der Waals surface area contributed by atoms with Gasteiger partial charge in [0.05, 0.1) is 6.54 Å². The van der Waals surface area contributed by atoms with Gasteiger partial charge in [-0.3, -0.25) is 0 Å². The molecule has 1 rings (SSSR count). The van der Waals surface area contributed by atoms with E-state index in [9.17, 15) is 4.79 Å². The summed E-state index contributed by atoms with van der Waals surface area (Å²) in [7, 11) is 3.33. The van der Waals surface area contributed by atoms with E-state index in [2.05, 4.69) is 0 Å². The van der Waals surface area contributed by atoms with E-state index >= 15 is 0 Å². The molecule has 0 aromatic carbocycles. The average molecular weight is 157 g/mol. The van der Waals surface area contributed by atoms with Crippen LogP contribution in [-0.4, -0.2) is 36.7 Å². The fraction of sp³-hybridized carbons (Fsp3) is 0.714. The van der Waals surface area contributed by atoms with Crippen LogP contribution in [0.3, 0.4) is 0 Å². The number of carbonyl (C=O) groups is 1. The van der Waals surface area contributed by atoms with Gasteiger partial charge in [0, 0.05) is 20.6 Å². The van der Waals surface area contributed by atoms with E-state index in [1.807, 2.05) is 6.54 Å². The highest BCUT2D eigenvalue weighted by molar-refractivity contribution is 5.66. The Hall–Kier alpha value is -0.770.